The minimum absolute atomic E-state index is 0.795. The molecule has 0 aromatic heterocycles. The van der Waals surface area contributed by atoms with Gasteiger partial charge in [0.1, 0.15) is 11.2 Å². The summed E-state index contributed by atoms with van der Waals surface area (Å²) in [6.45, 7) is 13.3. The average molecular weight is 561 g/mol. The molecule has 0 saturated carbocycles. The zero-order valence-electron chi connectivity index (χ0n) is 24.4. The predicted molar refractivity (Wildman–Crippen MR) is 173 cm³/mol. The van der Waals surface area contributed by atoms with Crippen LogP contribution in [0.3, 0.4) is 0 Å². The van der Waals surface area contributed by atoms with Crippen molar-refractivity contribution < 1.29 is 10.2 Å². The van der Waals surface area contributed by atoms with E-state index in [1.54, 1.807) is 0 Å². The largest absolute Gasteiger partial charge is 0.376 e. The Labute approximate surface area is 241 Å². The van der Waals surface area contributed by atoms with Crippen molar-refractivity contribution >= 4 is 16.1 Å². The van der Waals surface area contributed by atoms with E-state index in [1.165, 1.54) is 0 Å². The first-order valence-corrected chi connectivity index (χ1v) is 20.8. The Kier molecular flexibility index (Phi) is 8.53. The van der Waals surface area contributed by atoms with Crippen molar-refractivity contribution in [3.8, 4) is 0 Å². The van der Waals surface area contributed by atoms with Gasteiger partial charge in [0, 0.05) is 10.4 Å². The van der Waals surface area contributed by atoms with Crippen molar-refractivity contribution in [1.29, 1.82) is 0 Å². The Balaban J connectivity index is 2.18. The van der Waals surface area contributed by atoms with Gasteiger partial charge in [0.2, 0.25) is 0 Å². The molecule has 4 heteroatoms. The Hall–Kier alpha value is -3.47. The molecule has 2 N–H and O–H groups in total. The molecule has 0 aliphatic carbocycles. The van der Waals surface area contributed by atoms with Gasteiger partial charge in [-0.2, -0.15) is 0 Å². The number of hydrogen-bond acceptors (Lipinski definition) is 2. The van der Waals surface area contributed by atoms with Crippen molar-refractivity contribution in [3.05, 3.63) is 165 Å². The molecule has 2 nitrogen and oxygen atoms in total. The van der Waals surface area contributed by atoms with Gasteiger partial charge in [-0.3, -0.25) is 0 Å². The van der Waals surface area contributed by atoms with E-state index in [0.717, 1.165) is 32.6 Å². The van der Waals surface area contributed by atoms with Crippen molar-refractivity contribution in [2.75, 3.05) is 0 Å². The molecule has 0 amide bonds. The standard InChI is InChI=1S/C36H40O2Si2/c1-39(2,3)33(35(37,29-19-11-7-12-20-29)30-21-13-8-14-22-30)27-28-34(40(4,5)6)36(38,31-23-15-9-16-24-31)32-25-17-10-18-26-32/h7-26,37-38H,1-6H3. The van der Waals surface area contributed by atoms with Gasteiger partial charge in [-0.05, 0) is 22.3 Å². The molecule has 0 saturated heterocycles. The quantitative estimate of drug-likeness (QED) is 0.168. The summed E-state index contributed by atoms with van der Waals surface area (Å²) in [5.74, 6) is 0. The highest BCUT2D eigenvalue weighted by molar-refractivity contribution is 6.84. The monoisotopic (exact) mass is 560 g/mol. The summed E-state index contributed by atoms with van der Waals surface area (Å²) in [5.41, 5.74) is 7.54. The van der Waals surface area contributed by atoms with Gasteiger partial charge in [-0.25, -0.2) is 0 Å². The smallest absolute Gasteiger partial charge is 0.140 e. The molecule has 0 radical (unpaired) electrons. The molecule has 4 rings (SSSR count). The van der Waals surface area contributed by atoms with Gasteiger partial charge in [0.15, 0.2) is 0 Å². The van der Waals surface area contributed by atoms with Crippen molar-refractivity contribution in [3.63, 3.8) is 0 Å². The molecule has 4 aromatic rings. The van der Waals surface area contributed by atoms with Crippen LogP contribution in [0.25, 0.3) is 0 Å². The lowest BCUT2D eigenvalue weighted by molar-refractivity contribution is 0.126. The van der Waals surface area contributed by atoms with Gasteiger partial charge < -0.3 is 10.2 Å². The van der Waals surface area contributed by atoms with Crippen molar-refractivity contribution in [2.24, 2.45) is 0 Å². The van der Waals surface area contributed by atoms with E-state index in [4.69, 9.17) is 0 Å². The van der Waals surface area contributed by atoms with Crippen LogP contribution in [-0.4, -0.2) is 26.4 Å². The molecule has 0 unspecified atom stereocenters. The van der Waals surface area contributed by atoms with E-state index in [2.05, 4.69) is 50.7 Å². The lowest BCUT2D eigenvalue weighted by Gasteiger charge is -2.37. The lowest BCUT2D eigenvalue weighted by atomic mass is 9.85. The second-order valence-corrected chi connectivity index (χ2v) is 22.4. The van der Waals surface area contributed by atoms with Crippen molar-refractivity contribution in [1.82, 2.24) is 0 Å². The second kappa shape index (κ2) is 11.6. The normalized spacial score (nSPS) is 12.3. The molecule has 0 bridgehead atoms. The van der Waals surface area contributed by atoms with Crippen LogP contribution in [0.4, 0.5) is 0 Å². The maximum atomic E-state index is 12.7. The molecular weight excluding hydrogens is 521 g/mol. The summed E-state index contributed by atoms with van der Waals surface area (Å²) in [4.78, 5) is 0. The lowest BCUT2D eigenvalue weighted by Crippen LogP contribution is -2.42. The predicted octanol–water partition coefficient (Wildman–Crippen LogP) is 8.22. The summed E-state index contributed by atoms with van der Waals surface area (Å²) in [5, 5.41) is 27.1. The Morgan fingerprint density at radius 2 is 0.625 bits per heavy atom. The van der Waals surface area contributed by atoms with E-state index >= 15 is 0 Å². The SMILES string of the molecule is C[Si](C)(C)C(=C=C=C(C(O)(c1ccccc1)c1ccccc1)[Si](C)(C)C)C(O)(c1ccccc1)c1ccccc1. The molecular formula is C36H40O2Si2. The number of aliphatic hydroxyl groups is 2. The first-order chi connectivity index (χ1) is 18.9. The van der Waals surface area contributed by atoms with Crippen LogP contribution in [0.15, 0.2) is 143 Å². The van der Waals surface area contributed by atoms with Gasteiger partial charge in [0.05, 0.1) is 16.1 Å². The Morgan fingerprint density at radius 1 is 0.425 bits per heavy atom. The summed E-state index contributed by atoms with van der Waals surface area (Å²) in [6.07, 6.45) is 0. The van der Waals surface area contributed by atoms with Gasteiger partial charge in [-0.1, -0.05) is 172 Å². The fourth-order valence-electron chi connectivity index (χ4n) is 5.39. The molecule has 0 heterocycles. The third kappa shape index (κ3) is 5.84. The van der Waals surface area contributed by atoms with E-state index in [0.29, 0.717) is 0 Å². The van der Waals surface area contributed by atoms with Crippen LogP contribution in [0.1, 0.15) is 22.3 Å². The van der Waals surface area contributed by atoms with Gasteiger partial charge >= 0.3 is 0 Å². The summed E-state index contributed by atoms with van der Waals surface area (Å²) < 4.78 is 0. The molecule has 40 heavy (non-hydrogen) atoms. The van der Waals surface area contributed by atoms with Gasteiger partial charge in [-0.15, -0.1) is 0 Å². The number of hydrogen-bond donors (Lipinski definition) is 2. The Morgan fingerprint density at radius 3 is 0.800 bits per heavy atom. The molecule has 0 aliphatic heterocycles. The highest BCUT2D eigenvalue weighted by Crippen LogP contribution is 2.42. The van der Waals surface area contributed by atoms with E-state index in [-0.39, 0.29) is 0 Å². The highest BCUT2D eigenvalue weighted by Gasteiger charge is 2.44. The molecule has 0 fully saturated rings. The van der Waals surface area contributed by atoms with Crippen LogP contribution in [0, 0.1) is 0 Å². The molecule has 0 spiro atoms. The zero-order valence-corrected chi connectivity index (χ0v) is 26.4. The van der Waals surface area contributed by atoms with Crippen molar-refractivity contribution in [2.45, 2.75) is 50.5 Å². The summed E-state index contributed by atoms with van der Waals surface area (Å²) >= 11 is 0. The molecule has 4 aromatic carbocycles. The second-order valence-electron chi connectivity index (χ2n) is 12.4. The third-order valence-corrected chi connectivity index (χ3v) is 11.3. The maximum absolute atomic E-state index is 12.7. The Bertz CT molecular complexity index is 1320. The molecule has 0 atom stereocenters. The van der Waals surface area contributed by atoms with Crippen LogP contribution in [0.2, 0.25) is 39.3 Å². The minimum atomic E-state index is -2.22. The highest BCUT2D eigenvalue weighted by atomic mass is 28.3. The number of rotatable bonds is 8. The fourth-order valence-corrected chi connectivity index (χ4v) is 9.02. The van der Waals surface area contributed by atoms with E-state index < -0.39 is 27.3 Å². The third-order valence-electron chi connectivity index (χ3n) is 7.30. The average Bonchev–Trinajstić information content (AvgIpc) is 2.95. The molecule has 204 valence electrons. The van der Waals surface area contributed by atoms with E-state index in [1.807, 2.05) is 121 Å². The van der Waals surface area contributed by atoms with E-state index in [9.17, 15) is 10.2 Å². The van der Waals surface area contributed by atoms with Crippen LogP contribution in [-0.2, 0) is 11.2 Å². The zero-order chi connectivity index (χ0) is 29.0. The summed E-state index contributed by atoms with van der Waals surface area (Å²) in [7, 11) is -4.44. The molecule has 0 aliphatic rings. The fraction of sp³-hybridized carbons (Fsp3) is 0.222. The first-order valence-electron chi connectivity index (χ1n) is 13.8. The summed E-state index contributed by atoms with van der Waals surface area (Å²) in [6, 6.07) is 39.3. The maximum Gasteiger partial charge on any atom is 0.140 e. The minimum Gasteiger partial charge on any atom is -0.376 e. The van der Waals surface area contributed by atoms with Gasteiger partial charge in [0.25, 0.3) is 0 Å². The topological polar surface area (TPSA) is 40.5 Å². The van der Waals surface area contributed by atoms with Crippen LogP contribution >= 0.6 is 0 Å². The van der Waals surface area contributed by atoms with Crippen LogP contribution < -0.4 is 0 Å². The van der Waals surface area contributed by atoms with Crippen LogP contribution in [0.5, 0.6) is 0 Å². The first kappa shape index (κ1) is 29.5. The number of benzene rings is 4.